The molecule has 3 nitrogen and oxygen atoms in total. The second-order valence-corrected chi connectivity index (χ2v) is 3.41. The minimum absolute atomic E-state index is 0.556. The third-order valence-electron chi connectivity index (χ3n) is 2.10. The van der Waals surface area contributed by atoms with Gasteiger partial charge in [0.2, 0.25) is 0 Å². The van der Waals surface area contributed by atoms with Crippen LogP contribution in [0.3, 0.4) is 0 Å². The fourth-order valence-corrected chi connectivity index (χ4v) is 1.47. The van der Waals surface area contributed by atoms with Gasteiger partial charge in [0.25, 0.3) is 0 Å². The molecular formula is C10H10ClN3. The van der Waals surface area contributed by atoms with Gasteiger partial charge in [-0.15, -0.1) is 0 Å². The van der Waals surface area contributed by atoms with Gasteiger partial charge in [-0.1, -0.05) is 17.7 Å². The van der Waals surface area contributed by atoms with Crippen molar-refractivity contribution in [3.8, 4) is 0 Å². The molecule has 2 aromatic rings. The Morgan fingerprint density at radius 3 is 2.86 bits per heavy atom. The van der Waals surface area contributed by atoms with Gasteiger partial charge in [0, 0.05) is 24.2 Å². The van der Waals surface area contributed by atoms with Gasteiger partial charge >= 0.3 is 0 Å². The number of imidazole rings is 1. The predicted molar refractivity (Wildman–Crippen MR) is 55.3 cm³/mol. The first-order chi connectivity index (χ1) is 6.77. The number of rotatable bonds is 2. The Labute approximate surface area is 87.4 Å². The Morgan fingerprint density at radius 1 is 1.36 bits per heavy atom. The molecule has 0 spiro atoms. The summed E-state index contributed by atoms with van der Waals surface area (Å²) in [5.74, 6) is 0.977. The van der Waals surface area contributed by atoms with Crippen LogP contribution in [0.1, 0.15) is 11.4 Å². The van der Waals surface area contributed by atoms with Gasteiger partial charge in [-0.3, -0.25) is 0 Å². The highest BCUT2D eigenvalue weighted by molar-refractivity contribution is 6.30. The van der Waals surface area contributed by atoms with Crippen molar-refractivity contribution in [3.05, 3.63) is 47.3 Å². The summed E-state index contributed by atoms with van der Waals surface area (Å²) in [4.78, 5) is 8.16. The number of pyridine rings is 1. The molecule has 0 unspecified atom stereocenters. The highest BCUT2D eigenvalue weighted by atomic mass is 35.5. The summed E-state index contributed by atoms with van der Waals surface area (Å²) in [6.45, 7) is 2.68. The molecule has 0 N–H and O–H groups in total. The zero-order valence-electron chi connectivity index (χ0n) is 7.81. The van der Waals surface area contributed by atoms with Crippen molar-refractivity contribution in [1.82, 2.24) is 14.5 Å². The van der Waals surface area contributed by atoms with Gasteiger partial charge in [0.05, 0.1) is 6.54 Å². The lowest BCUT2D eigenvalue weighted by Gasteiger charge is -2.05. The van der Waals surface area contributed by atoms with E-state index < -0.39 is 0 Å². The summed E-state index contributed by atoms with van der Waals surface area (Å²) in [5.41, 5.74) is 1.01. The van der Waals surface area contributed by atoms with Gasteiger partial charge in [-0.05, 0) is 13.0 Å². The molecule has 0 aromatic carbocycles. The van der Waals surface area contributed by atoms with Crippen LogP contribution in [0.5, 0.6) is 0 Å². The SMILES string of the molecule is Cc1nccn1Cc1cccnc1Cl. The van der Waals surface area contributed by atoms with E-state index in [0.717, 1.165) is 17.9 Å². The van der Waals surface area contributed by atoms with Crippen molar-refractivity contribution >= 4 is 11.6 Å². The van der Waals surface area contributed by atoms with E-state index in [2.05, 4.69) is 9.97 Å². The van der Waals surface area contributed by atoms with Crippen LogP contribution in [-0.2, 0) is 6.54 Å². The maximum Gasteiger partial charge on any atom is 0.133 e. The zero-order valence-corrected chi connectivity index (χ0v) is 8.57. The van der Waals surface area contributed by atoms with Crippen molar-refractivity contribution in [1.29, 1.82) is 0 Å². The lowest BCUT2D eigenvalue weighted by atomic mass is 10.3. The minimum Gasteiger partial charge on any atom is -0.331 e. The van der Waals surface area contributed by atoms with Crippen molar-refractivity contribution < 1.29 is 0 Å². The summed E-state index contributed by atoms with van der Waals surface area (Å²) in [6, 6.07) is 3.85. The van der Waals surface area contributed by atoms with E-state index in [-0.39, 0.29) is 0 Å². The Balaban J connectivity index is 2.28. The smallest absolute Gasteiger partial charge is 0.133 e. The van der Waals surface area contributed by atoms with Gasteiger partial charge < -0.3 is 4.57 Å². The minimum atomic E-state index is 0.556. The summed E-state index contributed by atoms with van der Waals surface area (Å²) in [5, 5.41) is 0.556. The molecule has 0 aliphatic carbocycles. The van der Waals surface area contributed by atoms with E-state index in [1.165, 1.54) is 0 Å². The first-order valence-corrected chi connectivity index (χ1v) is 4.72. The fourth-order valence-electron chi connectivity index (χ4n) is 1.29. The molecule has 14 heavy (non-hydrogen) atoms. The molecule has 0 saturated carbocycles. The first-order valence-electron chi connectivity index (χ1n) is 4.34. The molecule has 0 aliphatic rings. The zero-order chi connectivity index (χ0) is 9.97. The lowest BCUT2D eigenvalue weighted by Crippen LogP contribution is -2.01. The highest BCUT2D eigenvalue weighted by Crippen LogP contribution is 2.13. The largest absolute Gasteiger partial charge is 0.331 e. The standard InChI is InChI=1S/C10H10ClN3/c1-8-12-5-6-14(8)7-9-3-2-4-13-10(9)11/h2-6H,7H2,1H3. The predicted octanol–water partition coefficient (Wildman–Crippen LogP) is 2.29. The molecular weight excluding hydrogens is 198 g/mol. The normalized spacial score (nSPS) is 10.4. The Bertz CT molecular complexity index is 436. The Morgan fingerprint density at radius 2 is 2.21 bits per heavy atom. The number of aromatic nitrogens is 3. The van der Waals surface area contributed by atoms with Crippen molar-refractivity contribution in [2.75, 3.05) is 0 Å². The quantitative estimate of drug-likeness (QED) is 0.708. The van der Waals surface area contributed by atoms with Gasteiger partial charge in [-0.2, -0.15) is 0 Å². The molecule has 0 bridgehead atoms. The molecule has 4 heteroatoms. The molecule has 0 fully saturated rings. The van der Waals surface area contributed by atoms with Crippen LogP contribution in [-0.4, -0.2) is 14.5 Å². The van der Waals surface area contributed by atoms with Gasteiger partial charge in [-0.25, -0.2) is 9.97 Å². The van der Waals surface area contributed by atoms with E-state index in [1.54, 1.807) is 12.4 Å². The Kier molecular flexibility index (Phi) is 2.50. The van der Waals surface area contributed by atoms with Crippen molar-refractivity contribution in [2.45, 2.75) is 13.5 Å². The summed E-state index contributed by atoms with van der Waals surface area (Å²) >= 11 is 5.95. The second kappa shape index (κ2) is 3.80. The number of hydrogen-bond acceptors (Lipinski definition) is 2. The molecule has 2 aromatic heterocycles. The maximum atomic E-state index is 5.95. The second-order valence-electron chi connectivity index (χ2n) is 3.06. The molecule has 72 valence electrons. The first kappa shape index (κ1) is 9.21. The van der Waals surface area contributed by atoms with Crippen molar-refractivity contribution in [2.24, 2.45) is 0 Å². The lowest BCUT2D eigenvalue weighted by molar-refractivity contribution is 0.759. The van der Waals surface area contributed by atoms with Crippen LogP contribution in [0.15, 0.2) is 30.7 Å². The van der Waals surface area contributed by atoms with E-state index in [4.69, 9.17) is 11.6 Å². The van der Waals surface area contributed by atoms with Crippen LogP contribution in [0, 0.1) is 6.92 Å². The van der Waals surface area contributed by atoms with Gasteiger partial charge in [0.1, 0.15) is 11.0 Å². The maximum absolute atomic E-state index is 5.95. The highest BCUT2D eigenvalue weighted by Gasteiger charge is 2.02. The number of hydrogen-bond donors (Lipinski definition) is 0. The van der Waals surface area contributed by atoms with Crippen LogP contribution in [0.25, 0.3) is 0 Å². The van der Waals surface area contributed by atoms with Gasteiger partial charge in [0.15, 0.2) is 0 Å². The molecule has 0 saturated heterocycles. The summed E-state index contributed by atoms with van der Waals surface area (Å²) < 4.78 is 2.03. The number of aryl methyl sites for hydroxylation is 1. The molecule has 2 heterocycles. The average molecular weight is 208 g/mol. The summed E-state index contributed by atoms with van der Waals surface area (Å²) in [7, 11) is 0. The monoisotopic (exact) mass is 207 g/mol. The summed E-state index contributed by atoms with van der Waals surface area (Å²) in [6.07, 6.45) is 5.39. The van der Waals surface area contributed by atoms with E-state index in [0.29, 0.717) is 5.15 Å². The Hall–Kier alpha value is -1.35. The molecule has 0 atom stereocenters. The fraction of sp³-hybridized carbons (Fsp3) is 0.200. The van der Waals surface area contributed by atoms with E-state index in [9.17, 15) is 0 Å². The third-order valence-corrected chi connectivity index (χ3v) is 2.44. The van der Waals surface area contributed by atoms with E-state index >= 15 is 0 Å². The molecule has 0 amide bonds. The average Bonchev–Trinajstić information content (AvgIpc) is 2.56. The number of nitrogens with zero attached hydrogens (tertiary/aromatic N) is 3. The van der Waals surface area contributed by atoms with Crippen LogP contribution in [0.4, 0.5) is 0 Å². The van der Waals surface area contributed by atoms with Crippen LogP contribution in [0.2, 0.25) is 5.15 Å². The molecule has 2 rings (SSSR count). The third kappa shape index (κ3) is 1.77. The van der Waals surface area contributed by atoms with Crippen molar-refractivity contribution in [3.63, 3.8) is 0 Å². The molecule has 0 aliphatic heterocycles. The number of halogens is 1. The van der Waals surface area contributed by atoms with Crippen LogP contribution < -0.4 is 0 Å². The van der Waals surface area contributed by atoms with E-state index in [1.807, 2.05) is 29.8 Å². The van der Waals surface area contributed by atoms with Crippen LogP contribution >= 0.6 is 11.6 Å². The molecule has 0 radical (unpaired) electrons. The topological polar surface area (TPSA) is 30.7 Å².